The highest BCUT2D eigenvalue weighted by molar-refractivity contribution is 5.81. The van der Waals surface area contributed by atoms with Gasteiger partial charge < -0.3 is 10.1 Å². The predicted molar refractivity (Wildman–Crippen MR) is 41.1 cm³/mol. The van der Waals surface area contributed by atoms with Gasteiger partial charge in [0.05, 0.1) is 19.0 Å². The zero-order valence-electron chi connectivity index (χ0n) is 6.35. The summed E-state index contributed by atoms with van der Waals surface area (Å²) < 4.78 is 4.94. The number of hydrogen-bond donors (Lipinski definition) is 1. The van der Waals surface area contributed by atoms with Gasteiger partial charge in [0.1, 0.15) is 0 Å². The molecule has 0 saturated heterocycles. The van der Waals surface area contributed by atoms with E-state index >= 15 is 0 Å². The van der Waals surface area contributed by atoms with Crippen molar-refractivity contribution in [3.63, 3.8) is 0 Å². The molecule has 56 valence electrons. The lowest BCUT2D eigenvalue weighted by molar-refractivity contribution is 0.224. The van der Waals surface area contributed by atoms with Crippen molar-refractivity contribution < 1.29 is 4.74 Å². The molecule has 0 aromatic heterocycles. The molecule has 1 rings (SSSR count). The van der Waals surface area contributed by atoms with Gasteiger partial charge in [-0.15, -0.1) is 0 Å². The van der Waals surface area contributed by atoms with Gasteiger partial charge in [-0.1, -0.05) is 0 Å². The lowest BCUT2D eigenvalue weighted by Crippen LogP contribution is -2.20. The SMILES string of the molecule is COCC1=CNC(C)=NC1. The first-order chi connectivity index (χ1) is 4.83. The molecule has 0 atom stereocenters. The average Bonchev–Trinajstić information content (AvgIpc) is 1.95. The van der Waals surface area contributed by atoms with E-state index in [-0.39, 0.29) is 0 Å². The van der Waals surface area contributed by atoms with Gasteiger partial charge in [0.15, 0.2) is 0 Å². The Morgan fingerprint density at radius 3 is 3.10 bits per heavy atom. The maximum absolute atomic E-state index is 4.94. The highest BCUT2D eigenvalue weighted by Crippen LogP contribution is 1.98. The monoisotopic (exact) mass is 140 g/mol. The molecular weight excluding hydrogens is 128 g/mol. The minimum Gasteiger partial charge on any atom is -0.380 e. The third-order valence-electron chi connectivity index (χ3n) is 1.33. The Morgan fingerprint density at radius 1 is 1.80 bits per heavy atom. The number of ether oxygens (including phenoxy) is 1. The van der Waals surface area contributed by atoms with Crippen LogP contribution in [0, 0.1) is 0 Å². The second kappa shape index (κ2) is 3.37. The molecule has 0 bridgehead atoms. The van der Waals surface area contributed by atoms with Crippen LogP contribution in [0.5, 0.6) is 0 Å². The van der Waals surface area contributed by atoms with E-state index in [1.165, 1.54) is 5.57 Å². The van der Waals surface area contributed by atoms with Gasteiger partial charge in [0.2, 0.25) is 0 Å². The molecule has 10 heavy (non-hydrogen) atoms. The number of nitrogens with zero attached hydrogens (tertiary/aromatic N) is 1. The Kier molecular flexibility index (Phi) is 2.45. The van der Waals surface area contributed by atoms with Crippen molar-refractivity contribution in [2.75, 3.05) is 20.3 Å². The van der Waals surface area contributed by atoms with E-state index in [2.05, 4.69) is 10.3 Å². The molecule has 1 aliphatic heterocycles. The average molecular weight is 140 g/mol. The summed E-state index contributed by atoms with van der Waals surface area (Å²) in [5.41, 5.74) is 1.19. The van der Waals surface area contributed by atoms with Gasteiger partial charge in [-0.25, -0.2) is 0 Å². The van der Waals surface area contributed by atoms with E-state index in [4.69, 9.17) is 4.74 Å². The van der Waals surface area contributed by atoms with Crippen molar-refractivity contribution in [1.82, 2.24) is 5.32 Å². The van der Waals surface area contributed by atoms with Crippen LogP contribution in [0.25, 0.3) is 0 Å². The summed E-state index contributed by atoms with van der Waals surface area (Å²) in [5, 5.41) is 3.02. The lowest BCUT2D eigenvalue weighted by atomic mass is 10.3. The van der Waals surface area contributed by atoms with Crippen molar-refractivity contribution in [3.05, 3.63) is 11.8 Å². The first kappa shape index (κ1) is 7.28. The molecule has 1 N–H and O–H groups in total. The van der Waals surface area contributed by atoms with Gasteiger partial charge in [-0.05, 0) is 12.5 Å². The summed E-state index contributed by atoms with van der Waals surface area (Å²) in [5.74, 6) is 0.972. The van der Waals surface area contributed by atoms with Crippen LogP contribution in [-0.4, -0.2) is 26.1 Å². The number of nitrogens with one attached hydrogen (secondary N) is 1. The van der Waals surface area contributed by atoms with Gasteiger partial charge in [-0.3, -0.25) is 4.99 Å². The maximum atomic E-state index is 4.94. The molecule has 1 aliphatic rings. The summed E-state index contributed by atoms with van der Waals surface area (Å²) in [7, 11) is 1.69. The summed E-state index contributed by atoms with van der Waals surface area (Å²) in [6.07, 6.45) is 1.95. The third-order valence-corrected chi connectivity index (χ3v) is 1.33. The summed E-state index contributed by atoms with van der Waals surface area (Å²) in [4.78, 5) is 4.19. The molecule has 0 fully saturated rings. The zero-order valence-corrected chi connectivity index (χ0v) is 6.35. The summed E-state index contributed by atoms with van der Waals surface area (Å²) >= 11 is 0. The Morgan fingerprint density at radius 2 is 2.60 bits per heavy atom. The van der Waals surface area contributed by atoms with E-state index in [9.17, 15) is 0 Å². The van der Waals surface area contributed by atoms with Gasteiger partial charge in [-0.2, -0.15) is 0 Å². The van der Waals surface area contributed by atoms with Crippen LogP contribution in [0.2, 0.25) is 0 Å². The van der Waals surface area contributed by atoms with Crippen molar-refractivity contribution in [2.45, 2.75) is 6.92 Å². The highest BCUT2D eigenvalue weighted by atomic mass is 16.5. The number of methoxy groups -OCH3 is 1. The molecule has 0 radical (unpaired) electrons. The van der Waals surface area contributed by atoms with Crippen molar-refractivity contribution in [1.29, 1.82) is 0 Å². The smallest absolute Gasteiger partial charge is 0.0975 e. The second-order valence-corrected chi connectivity index (χ2v) is 2.28. The van der Waals surface area contributed by atoms with Crippen LogP contribution in [0.15, 0.2) is 16.8 Å². The standard InChI is InChI=1S/C7H12N2O/c1-6-8-3-7(4-9-6)5-10-2/h3H,4-5H2,1-2H3,(H,8,9). The maximum Gasteiger partial charge on any atom is 0.0975 e. The molecule has 0 aliphatic carbocycles. The van der Waals surface area contributed by atoms with Gasteiger partial charge in [0, 0.05) is 13.3 Å². The molecule has 3 heteroatoms. The van der Waals surface area contributed by atoms with E-state index in [0.717, 1.165) is 12.4 Å². The zero-order chi connectivity index (χ0) is 7.40. The molecule has 0 unspecified atom stereocenters. The van der Waals surface area contributed by atoms with Crippen molar-refractivity contribution in [2.24, 2.45) is 4.99 Å². The van der Waals surface area contributed by atoms with Crippen molar-refractivity contribution >= 4 is 5.84 Å². The third kappa shape index (κ3) is 1.84. The van der Waals surface area contributed by atoms with Crippen LogP contribution in [-0.2, 0) is 4.74 Å². The van der Waals surface area contributed by atoms with Gasteiger partial charge >= 0.3 is 0 Å². The molecule has 0 aromatic carbocycles. The van der Waals surface area contributed by atoms with Crippen LogP contribution < -0.4 is 5.32 Å². The van der Waals surface area contributed by atoms with Crippen molar-refractivity contribution in [3.8, 4) is 0 Å². The van der Waals surface area contributed by atoms with E-state index in [1.807, 2.05) is 13.1 Å². The second-order valence-electron chi connectivity index (χ2n) is 2.28. The highest BCUT2D eigenvalue weighted by Gasteiger charge is 2.00. The number of rotatable bonds is 2. The minimum absolute atomic E-state index is 0.670. The quantitative estimate of drug-likeness (QED) is 0.607. The molecule has 1 heterocycles. The molecule has 0 aromatic rings. The molecule has 0 amide bonds. The van der Waals surface area contributed by atoms with Crippen LogP contribution >= 0.6 is 0 Å². The largest absolute Gasteiger partial charge is 0.380 e. The fourth-order valence-electron chi connectivity index (χ4n) is 0.791. The molecular formula is C7H12N2O. The normalized spacial score (nSPS) is 17.4. The predicted octanol–water partition coefficient (Wildman–Crippen LogP) is 0.538. The van der Waals surface area contributed by atoms with Crippen LogP contribution in [0.4, 0.5) is 0 Å². The Labute approximate surface area is 60.8 Å². The topological polar surface area (TPSA) is 33.6 Å². The fraction of sp³-hybridized carbons (Fsp3) is 0.571. The number of aliphatic imine (C=N–C) groups is 1. The Bertz CT molecular complexity index is 172. The molecule has 3 nitrogen and oxygen atoms in total. The first-order valence-corrected chi connectivity index (χ1v) is 3.27. The number of amidine groups is 1. The number of hydrogen-bond acceptors (Lipinski definition) is 3. The van der Waals surface area contributed by atoms with E-state index in [0.29, 0.717) is 6.61 Å². The lowest BCUT2D eigenvalue weighted by Gasteiger charge is -2.10. The Hall–Kier alpha value is -0.830. The molecule has 0 saturated carbocycles. The van der Waals surface area contributed by atoms with E-state index in [1.54, 1.807) is 7.11 Å². The molecule has 0 spiro atoms. The fourth-order valence-corrected chi connectivity index (χ4v) is 0.791. The van der Waals surface area contributed by atoms with Crippen LogP contribution in [0.3, 0.4) is 0 Å². The Balaban J connectivity index is 2.38. The summed E-state index contributed by atoms with van der Waals surface area (Å²) in [6.45, 7) is 3.39. The van der Waals surface area contributed by atoms with Gasteiger partial charge in [0.25, 0.3) is 0 Å². The summed E-state index contributed by atoms with van der Waals surface area (Å²) in [6, 6.07) is 0. The van der Waals surface area contributed by atoms with Crippen LogP contribution in [0.1, 0.15) is 6.92 Å². The van der Waals surface area contributed by atoms with E-state index < -0.39 is 0 Å². The first-order valence-electron chi connectivity index (χ1n) is 3.27. The minimum atomic E-state index is 0.670.